The van der Waals surface area contributed by atoms with Crippen molar-refractivity contribution in [2.45, 2.75) is 32.1 Å². The van der Waals surface area contributed by atoms with Gasteiger partial charge in [-0.3, -0.25) is 4.99 Å². The van der Waals surface area contributed by atoms with Crippen molar-refractivity contribution in [2.75, 3.05) is 19.6 Å². The smallest absolute Gasteiger partial charge is 0.652 e. The van der Waals surface area contributed by atoms with Crippen LogP contribution in [0.5, 0.6) is 0 Å². The van der Waals surface area contributed by atoms with Crippen molar-refractivity contribution in [3.63, 3.8) is 0 Å². The summed E-state index contributed by atoms with van der Waals surface area (Å²) in [6.07, 6.45) is 4.30. The molecule has 0 unspecified atom stereocenters. The number of rotatable bonds is 0. The summed E-state index contributed by atoms with van der Waals surface area (Å²) in [6.45, 7) is 3.60. The number of amidine groups is 1. The third-order valence-electron chi connectivity index (χ3n) is 2.57. The fourth-order valence-corrected chi connectivity index (χ4v) is 1.94. The Bertz CT molecular complexity index is 246. The van der Waals surface area contributed by atoms with Crippen molar-refractivity contribution in [1.29, 1.82) is 0 Å². The molecule has 1 saturated heterocycles. The third-order valence-corrected chi connectivity index (χ3v) is 2.57. The number of hydrogen-bond acceptors (Lipinski definition) is 5. The summed E-state index contributed by atoms with van der Waals surface area (Å²) in [6, 6.07) is 0. The minimum atomic E-state index is -2.33. The summed E-state index contributed by atoms with van der Waals surface area (Å²) in [5.74, 6) is 1.40. The van der Waals surface area contributed by atoms with E-state index in [1.807, 2.05) is 0 Å². The van der Waals surface area contributed by atoms with Gasteiger partial charge in [0.15, 0.2) is 0 Å². The molecule has 86 valence electrons. The molecule has 2 rings (SSSR count). The summed E-state index contributed by atoms with van der Waals surface area (Å²) in [5, 5.41) is 16.7. The molecule has 2 aliphatic rings. The van der Waals surface area contributed by atoms with Crippen LogP contribution < -0.4 is 113 Å². The van der Waals surface area contributed by atoms with E-state index < -0.39 is 6.16 Å². The summed E-state index contributed by atoms with van der Waals surface area (Å²) >= 11 is 0. The molecule has 0 aromatic rings. The monoisotopic (exact) mass is 290 g/mol. The molecule has 2 aliphatic heterocycles. The quantitative estimate of drug-likeness (QED) is 0.416. The van der Waals surface area contributed by atoms with E-state index in [0.29, 0.717) is 0 Å². The Kier molecular flexibility index (Phi) is 16.3. The average molecular weight is 290 g/mol. The first kappa shape index (κ1) is 21.3. The zero-order valence-corrected chi connectivity index (χ0v) is 17.0. The maximum absolute atomic E-state index is 8.33. The van der Waals surface area contributed by atoms with Gasteiger partial charge in [-0.1, -0.05) is 6.42 Å². The molecule has 0 aliphatic carbocycles. The molecule has 0 radical (unpaired) electrons. The largest absolute Gasteiger partial charge is 1.00 e. The van der Waals surface area contributed by atoms with Crippen LogP contribution in [0.3, 0.4) is 0 Å². The molecule has 1 fully saturated rings. The van der Waals surface area contributed by atoms with Crippen molar-refractivity contribution in [3.05, 3.63) is 0 Å². The number of fused-ring (bicyclic) bond motifs is 1. The Morgan fingerprint density at radius 1 is 1.06 bits per heavy atom. The second-order valence-electron chi connectivity index (χ2n) is 3.70. The Morgan fingerprint density at radius 3 is 2.29 bits per heavy atom. The van der Waals surface area contributed by atoms with E-state index in [4.69, 9.17) is 15.0 Å². The second-order valence-corrected chi connectivity index (χ2v) is 3.70. The van der Waals surface area contributed by atoms with Gasteiger partial charge in [0.25, 0.3) is 0 Å². The van der Waals surface area contributed by atoms with Gasteiger partial charge in [0, 0.05) is 26.1 Å². The van der Waals surface area contributed by atoms with Crippen LogP contribution >= 0.6 is 0 Å². The number of hydrogen-bond donors (Lipinski definition) is 0. The van der Waals surface area contributed by atoms with Crippen molar-refractivity contribution in [1.82, 2.24) is 4.90 Å². The van der Waals surface area contributed by atoms with E-state index in [-0.39, 0.29) is 103 Å². The molecule has 2 heterocycles. The van der Waals surface area contributed by atoms with Crippen molar-refractivity contribution in [2.24, 2.45) is 4.99 Å². The predicted molar refractivity (Wildman–Crippen MR) is 52.4 cm³/mol. The Morgan fingerprint density at radius 2 is 1.65 bits per heavy atom. The maximum atomic E-state index is 8.33. The zero-order valence-electron chi connectivity index (χ0n) is 10.8. The molecular weight excluding hydrogens is 274 g/mol. The number of nitrogens with zero attached hydrogens (tertiary/aromatic N) is 2. The van der Waals surface area contributed by atoms with Gasteiger partial charge < -0.3 is 19.9 Å². The van der Waals surface area contributed by atoms with Crippen LogP contribution in [0.4, 0.5) is 4.79 Å². The van der Waals surface area contributed by atoms with Crippen LogP contribution in [-0.2, 0) is 0 Å². The normalized spacial score (nSPS) is 17.9. The number of carbonyl (C=O) groups is 1. The van der Waals surface area contributed by atoms with Gasteiger partial charge in [0.2, 0.25) is 0 Å². The Labute approximate surface area is 187 Å². The topological polar surface area (TPSA) is 78.8 Å². The van der Waals surface area contributed by atoms with Crippen LogP contribution in [0, 0.1) is 0 Å². The van der Waals surface area contributed by atoms with Crippen LogP contribution in [0.15, 0.2) is 4.99 Å². The van der Waals surface area contributed by atoms with Crippen molar-refractivity contribution >= 4 is 12.0 Å². The molecule has 0 spiro atoms. The predicted octanol–water partition coefficient (Wildman–Crippen LogP) is -6.77. The standard InChI is InChI=1S/C9H16N2.CH2O3.2K/c1-2-5-9-10-6-4-8-11(9)7-3-1;2-1(3)4;;/h1-8H2;(H2,2,3,4);;/q;;2*+1/p-2. The minimum absolute atomic E-state index is 0. The van der Waals surface area contributed by atoms with Crippen molar-refractivity contribution in [3.8, 4) is 0 Å². The first-order valence-corrected chi connectivity index (χ1v) is 5.36. The number of aliphatic imine (C=N–C) groups is 1. The van der Waals surface area contributed by atoms with E-state index in [1.54, 1.807) is 0 Å². The fourth-order valence-electron chi connectivity index (χ4n) is 1.94. The van der Waals surface area contributed by atoms with Crippen LogP contribution in [0.25, 0.3) is 0 Å². The molecule has 0 bridgehead atoms. The first-order chi connectivity index (χ1) is 7.20. The molecule has 0 aromatic carbocycles. The first-order valence-electron chi connectivity index (χ1n) is 5.36. The molecule has 0 amide bonds. The molecule has 5 nitrogen and oxygen atoms in total. The number of carbonyl (C=O) groups excluding carboxylic acids is 1. The van der Waals surface area contributed by atoms with E-state index in [2.05, 4.69) is 9.89 Å². The van der Waals surface area contributed by atoms with Crippen LogP contribution in [0.2, 0.25) is 0 Å². The van der Waals surface area contributed by atoms with E-state index in [1.165, 1.54) is 51.0 Å². The second kappa shape index (κ2) is 13.0. The van der Waals surface area contributed by atoms with Gasteiger partial charge in [-0.05, 0) is 25.4 Å². The average Bonchev–Trinajstić information content (AvgIpc) is 2.41. The zero-order chi connectivity index (χ0) is 11.1. The van der Waals surface area contributed by atoms with Gasteiger partial charge >= 0.3 is 103 Å². The summed E-state index contributed by atoms with van der Waals surface area (Å²) < 4.78 is 0. The summed E-state index contributed by atoms with van der Waals surface area (Å²) in [7, 11) is 0. The maximum Gasteiger partial charge on any atom is 1.00 e. The molecular formula is C10H16K2N2O3. The molecule has 17 heavy (non-hydrogen) atoms. The SMILES string of the molecule is C1CCC2=NCCCN2CC1.O=C([O-])[O-].[K+].[K+]. The third kappa shape index (κ3) is 10.5. The molecule has 0 N–H and O–H groups in total. The Balaban J connectivity index is 0. The van der Waals surface area contributed by atoms with Gasteiger partial charge in [0.1, 0.15) is 0 Å². The summed E-state index contributed by atoms with van der Waals surface area (Å²) in [4.78, 5) is 15.4. The molecule has 0 atom stereocenters. The van der Waals surface area contributed by atoms with Crippen LogP contribution in [0.1, 0.15) is 32.1 Å². The van der Waals surface area contributed by atoms with Gasteiger partial charge in [-0.25, -0.2) is 0 Å². The summed E-state index contributed by atoms with van der Waals surface area (Å²) in [5.41, 5.74) is 0. The molecule has 7 heteroatoms. The van der Waals surface area contributed by atoms with E-state index in [9.17, 15) is 0 Å². The fraction of sp³-hybridized carbons (Fsp3) is 0.800. The van der Waals surface area contributed by atoms with Gasteiger partial charge in [-0.15, -0.1) is 0 Å². The van der Waals surface area contributed by atoms with Gasteiger partial charge in [0.05, 0.1) is 5.84 Å². The van der Waals surface area contributed by atoms with Gasteiger partial charge in [-0.2, -0.15) is 0 Å². The van der Waals surface area contributed by atoms with Crippen molar-refractivity contribution < 1.29 is 118 Å². The van der Waals surface area contributed by atoms with Crippen LogP contribution in [-0.4, -0.2) is 36.5 Å². The van der Waals surface area contributed by atoms with E-state index >= 15 is 0 Å². The number of carboxylic acid groups (broad SMARTS) is 2. The minimum Gasteiger partial charge on any atom is -0.652 e. The molecule has 0 aromatic heterocycles. The Hall–Kier alpha value is 2.01. The van der Waals surface area contributed by atoms with E-state index in [0.717, 1.165) is 6.54 Å². The molecule has 0 saturated carbocycles.